The van der Waals surface area contributed by atoms with Crippen molar-refractivity contribution in [1.82, 2.24) is 4.72 Å². The van der Waals surface area contributed by atoms with Gasteiger partial charge in [-0.25, -0.2) is 13.1 Å². The van der Waals surface area contributed by atoms with Crippen molar-refractivity contribution in [3.63, 3.8) is 0 Å². The summed E-state index contributed by atoms with van der Waals surface area (Å²) in [5.41, 5.74) is 2.45. The summed E-state index contributed by atoms with van der Waals surface area (Å²) in [5, 5.41) is 0. The molecule has 0 spiro atoms. The predicted octanol–water partition coefficient (Wildman–Crippen LogP) is 2.16. The van der Waals surface area contributed by atoms with Gasteiger partial charge in [0.1, 0.15) is 0 Å². The Morgan fingerprint density at radius 3 is 2.35 bits per heavy atom. The summed E-state index contributed by atoms with van der Waals surface area (Å²) in [4.78, 5) is 2.42. The van der Waals surface area contributed by atoms with Crippen molar-refractivity contribution in [2.45, 2.75) is 32.6 Å². The van der Waals surface area contributed by atoms with E-state index in [2.05, 4.69) is 33.9 Å². The van der Waals surface area contributed by atoms with Gasteiger partial charge in [0, 0.05) is 25.3 Å². The number of benzene rings is 1. The Hall–Kier alpha value is -1.07. The quantitative estimate of drug-likeness (QED) is 0.875. The molecule has 1 aromatic rings. The van der Waals surface area contributed by atoms with Crippen molar-refractivity contribution >= 4 is 15.7 Å². The van der Waals surface area contributed by atoms with Crippen LogP contribution in [-0.4, -0.2) is 33.8 Å². The first-order valence-corrected chi connectivity index (χ1v) is 9.07. The molecule has 1 N–H and O–H groups in total. The first kappa shape index (κ1) is 15.3. The SMILES string of the molecule is CCS(=O)(=O)NCCc1ccc(N2CCCCC2)cc1. The number of piperidine rings is 1. The molecule has 1 aromatic carbocycles. The second kappa shape index (κ2) is 7.09. The van der Waals surface area contributed by atoms with Gasteiger partial charge in [0.25, 0.3) is 0 Å². The predicted molar refractivity (Wildman–Crippen MR) is 83.7 cm³/mol. The standard InChI is InChI=1S/C15H24N2O2S/c1-2-20(18,19)16-11-10-14-6-8-15(9-7-14)17-12-4-3-5-13-17/h6-9,16H,2-5,10-13H2,1H3. The third-order valence-electron chi connectivity index (χ3n) is 3.77. The topological polar surface area (TPSA) is 49.4 Å². The van der Waals surface area contributed by atoms with Crippen LogP contribution in [0.25, 0.3) is 0 Å². The van der Waals surface area contributed by atoms with Crippen LogP contribution >= 0.6 is 0 Å². The summed E-state index contributed by atoms with van der Waals surface area (Å²) in [6.45, 7) is 4.42. The van der Waals surface area contributed by atoms with Crippen LogP contribution < -0.4 is 9.62 Å². The maximum atomic E-state index is 11.3. The molecular weight excluding hydrogens is 272 g/mol. The average Bonchev–Trinajstić information content (AvgIpc) is 2.49. The highest BCUT2D eigenvalue weighted by Gasteiger charge is 2.10. The van der Waals surface area contributed by atoms with E-state index in [1.165, 1.54) is 30.5 Å². The molecule has 0 aromatic heterocycles. The molecule has 0 saturated carbocycles. The van der Waals surface area contributed by atoms with Crippen molar-refractivity contribution in [3.8, 4) is 0 Å². The highest BCUT2D eigenvalue weighted by atomic mass is 32.2. The highest BCUT2D eigenvalue weighted by Crippen LogP contribution is 2.20. The second-order valence-corrected chi connectivity index (χ2v) is 7.36. The highest BCUT2D eigenvalue weighted by molar-refractivity contribution is 7.89. The minimum absolute atomic E-state index is 0.140. The molecule has 1 aliphatic heterocycles. The van der Waals surface area contributed by atoms with Gasteiger partial charge in [-0.3, -0.25) is 0 Å². The van der Waals surface area contributed by atoms with Gasteiger partial charge < -0.3 is 4.90 Å². The summed E-state index contributed by atoms with van der Waals surface area (Å²) >= 11 is 0. The molecule has 20 heavy (non-hydrogen) atoms. The molecule has 0 atom stereocenters. The Morgan fingerprint density at radius 1 is 1.10 bits per heavy atom. The third kappa shape index (κ3) is 4.49. The minimum atomic E-state index is -3.07. The van der Waals surface area contributed by atoms with E-state index in [1.54, 1.807) is 6.92 Å². The van der Waals surface area contributed by atoms with Gasteiger partial charge >= 0.3 is 0 Å². The largest absolute Gasteiger partial charge is 0.372 e. The van der Waals surface area contributed by atoms with Gasteiger partial charge in [0.15, 0.2) is 0 Å². The van der Waals surface area contributed by atoms with E-state index in [-0.39, 0.29) is 5.75 Å². The van der Waals surface area contributed by atoms with E-state index >= 15 is 0 Å². The van der Waals surface area contributed by atoms with Crippen molar-refractivity contribution in [3.05, 3.63) is 29.8 Å². The average molecular weight is 296 g/mol. The Morgan fingerprint density at radius 2 is 1.75 bits per heavy atom. The number of hydrogen-bond acceptors (Lipinski definition) is 3. The van der Waals surface area contributed by atoms with Gasteiger partial charge in [-0.05, 0) is 50.3 Å². The van der Waals surface area contributed by atoms with Gasteiger partial charge in [0.2, 0.25) is 10.0 Å². The molecule has 1 heterocycles. The monoisotopic (exact) mass is 296 g/mol. The zero-order chi connectivity index (χ0) is 14.4. The summed E-state index contributed by atoms with van der Waals surface area (Å²) in [6, 6.07) is 8.50. The molecule has 112 valence electrons. The number of hydrogen-bond donors (Lipinski definition) is 1. The fraction of sp³-hybridized carbons (Fsp3) is 0.600. The molecule has 4 nitrogen and oxygen atoms in total. The van der Waals surface area contributed by atoms with Crippen LogP contribution in [0.1, 0.15) is 31.7 Å². The van der Waals surface area contributed by atoms with Crippen LogP contribution in [0.5, 0.6) is 0 Å². The van der Waals surface area contributed by atoms with Crippen molar-refractivity contribution < 1.29 is 8.42 Å². The van der Waals surface area contributed by atoms with Crippen LogP contribution in [0, 0.1) is 0 Å². The Labute approximate surface area is 122 Å². The molecule has 0 amide bonds. The van der Waals surface area contributed by atoms with Gasteiger partial charge in [-0.15, -0.1) is 0 Å². The maximum Gasteiger partial charge on any atom is 0.211 e. The van der Waals surface area contributed by atoms with Crippen molar-refractivity contribution in [2.24, 2.45) is 0 Å². The van der Waals surface area contributed by atoms with E-state index in [1.807, 2.05) is 0 Å². The van der Waals surface area contributed by atoms with Crippen molar-refractivity contribution in [2.75, 3.05) is 30.3 Å². The lowest BCUT2D eigenvalue weighted by Gasteiger charge is -2.28. The Bertz CT molecular complexity index is 505. The molecule has 1 saturated heterocycles. The summed E-state index contributed by atoms with van der Waals surface area (Å²) < 4.78 is 25.3. The van der Waals surface area contributed by atoms with Crippen LogP contribution in [-0.2, 0) is 16.4 Å². The zero-order valence-corrected chi connectivity index (χ0v) is 13.0. The smallest absolute Gasteiger partial charge is 0.211 e. The molecule has 0 radical (unpaired) electrons. The lowest BCUT2D eigenvalue weighted by Crippen LogP contribution is -2.29. The number of nitrogens with zero attached hydrogens (tertiary/aromatic N) is 1. The summed E-state index contributed by atoms with van der Waals surface area (Å²) in [6.07, 6.45) is 4.63. The summed E-state index contributed by atoms with van der Waals surface area (Å²) in [7, 11) is -3.07. The van der Waals surface area contributed by atoms with Crippen molar-refractivity contribution in [1.29, 1.82) is 0 Å². The zero-order valence-electron chi connectivity index (χ0n) is 12.1. The van der Waals surface area contributed by atoms with Crippen LogP contribution in [0.15, 0.2) is 24.3 Å². The fourth-order valence-electron chi connectivity index (χ4n) is 2.48. The number of rotatable bonds is 6. The molecule has 2 rings (SSSR count). The molecule has 1 fully saturated rings. The van der Waals surface area contributed by atoms with Crippen LogP contribution in [0.3, 0.4) is 0 Å². The molecule has 5 heteroatoms. The Kier molecular flexibility index (Phi) is 5.43. The third-order valence-corrected chi connectivity index (χ3v) is 5.18. The fourth-order valence-corrected chi connectivity index (χ4v) is 3.10. The van der Waals surface area contributed by atoms with Gasteiger partial charge in [0.05, 0.1) is 5.75 Å². The van der Waals surface area contributed by atoms with E-state index in [4.69, 9.17) is 0 Å². The number of nitrogens with one attached hydrogen (secondary N) is 1. The lowest BCUT2D eigenvalue weighted by atomic mass is 10.1. The molecule has 0 aliphatic carbocycles. The molecular formula is C15H24N2O2S. The molecule has 0 unspecified atom stereocenters. The maximum absolute atomic E-state index is 11.3. The van der Waals surface area contributed by atoms with Crippen LogP contribution in [0.2, 0.25) is 0 Å². The first-order chi connectivity index (χ1) is 9.61. The van der Waals surface area contributed by atoms with E-state index < -0.39 is 10.0 Å². The second-order valence-electron chi connectivity index (χ2n) is 5.26. The van der Waals surface area contributed by atoms with Gasteiger partial charge in [-0.2, -0.15) is 0 Å². The molecule has 0 bridgehead atoms. The number of sulfonamides is 1. The number of anilines is 1. The normalized spacial score (nSPS) is 16.4. The van der Waals surface area contributed by atoms with Crippen LogP contribution in [0.4, 0.5) is 5.69 Å². The van der Waals surface area contributed by atoms with Gasteiger partial charge in [-0.1, -0.05) is 12.1 Å². The lowest BCUT2D eigenvalue weighted by molar-refractivity contribution is 0.578. The van der Waals surface area contributed by atoms with E-state index in [9.17, 15) is 8.42 Å². The molecule has 1 aliphatic rings. The summed E-state index contributed by atoms with van der Waals surface area (Å²) in [5.74, 6) is 0.140. The first-order valence-electron chi connectivity index (χ1n) is 7.42. The van der Waals surface area contributed by atoms with E-state index in [0.29, 0.717) is 6.54 Å². The van der Waals surface area contributed by atoms with E-state index in [0.717, 1.165) is 19.5 Å². The Balaban J connectivity index is 1.85. The minimum Gasteiger partial charge on any atom is -0.372 e.